The summed E-state index contributed by atoms with van der Waals surface area (Å²) in [5.41, 5.74) is -5.01. The predicted octanol–water partition coefficient (Wildman–Crippen LogP) is 2.33. The van der Waals surface area contributed by atoms with Crippen LogP contribution in [0, 0.1) is 28.6 Å². The van der Waals surface area contributed by atoms with Gasteiger partial charge in [-0.05, 0) is 62.9 Å². The van der Waals surface area contributed by atoms with Gasteiger partial charge in [0, 0.05) is 5.41 Å². The minimum absolute atomic E-state index is 0.0617. The van der Waals surface area contributed by atoms with E-state index in [4.69, 9.17) is 0 Å². The zero-order valence-corrected chi connectivity index (χ0v) is 16.8. The summed E-state index contributed by atoms with van der Waals surface area (Å²) in [5, 5.41) is 20.8. The molecule has 4 aliphatic carbocycles. The first-order valence-electron chi connectivity index (χ1n) is 10.3. The van der Waals surface area contributed by atoms with Gasteiger partial charge in [0.2, 0.25) is 0 Å². The number of halogens is 1. The standard InChI is InChI=1S/C22H29FO5/c1-12-8-16-15-5-4-13-9-14(25)10-17(26)20(13,3)21(15,23)7-6-19(16,2)22(12,28)18(27)11-24/h9,12,15-16,24,28H,4-8,10-11H2,1-3H3/t12?,15-,16-,19-,20+,21+,22-/m0/s1. The van der Waals surface area contributed by atoms with Crippen molar-refractivity contribution >= 4 is 17.3 Å². The monoisotopic (exact) mass is 392 g/mol. The van der Waals surface area contributed by atoms with Crippen LogP contribution in [0.4, 0.5) is 4.39 Å². The number of aliphatic hydroxyl groups excluding tert-OH is 1. The molecule has 0 saturated heterocycles. The fourth-order valence-electron chi connectivity index (χ4n) is 7.39. The lowest BCUT2D eigenvalue weighted by molar-refractivity contribution is -0.189. The number of rotatable bonds is 2. The normalized spacial score (nSPS) is 50.5. The Kier molecular flexibility index (Phi) is 4.13. The van der Waals surface area contributed by atoms with E-state index in [9.17, 15) is 24.6 Å². The number of allylic oxidation sites excluding steroid dienone is 1. The number of carbonyl (C=O) groups excluding carboxylic acids is 3. The third-order valence-electron chi connectivity index (χ3n) is 9.09. The van der Waals surface area contributed by atoms with E-state index < -0.39 is 46.3 Å². The first-order chi connectivity index (χ1) is 13.0. The lowest BCUT2D eigenvalue weighted by atomic mass is 9.44. The van der Waals surface area contributed by atoms with Crippen LogP contribution in [0.3, 0.4) is 0 Å². The molecule has 6 heteroatoms. The third-order valence-corrected chi connectivity index (χ3v) is 9.09. The second kappa shape index (κ2) is 5.82. The van der Waals surface area contributed by atoms with E-state index in [1.807, 2.05) is 6.92 Å². The summed E-state index contributed by atoms with van der Waals surface area (Å²) in [6.45, 7) is 4.54. The number of hydrogen-bond donors (Lipinski definition) is 2. The number of ketones is 3. The van der Waals surface area contributed by atoms with Crippen molar-refractivity contribution in [3.05, 3.63) is 11.6 Å². The van der Waals surface area contributed by atoms with Crippen molar-refractivity contribution in [2.24, 2.45) is 28.6 Å². The maximum atomic E-state index is 16.8. The van der Waals surface area contributed by atoms with Crippen LogP contribution in [0.2, 0.25) is 0 Å². The highest BCUT2D eigenvalue weighted by Gasteiger charge is 2.74. The van der Waals surface area contributed by atoms with Gasteiger partial charge in [0.1, 0.15) is 17.9 Å². The quantitative estimate of drug-likeness (QED) is 0.704. The molecule has 1 unspecified atom stereocenters. The lowest BCUT2D eigenvalue weighted by Crippen LogP contribution is -2.66. The van der Waals surface area contributed by atoms with E-state index in [1.54, 1.807) is 13.8 Å². The lowest BCUT2D eigenvalue weighted by Gasteiger charge is -2.61. The van der Waals surface area contributed by atoms with Crippen LogP contribution in [-0.2, 0) is 14.4 Å². The van der Waals surface area contributed by atoms with Gasteiger partial charge in [0.25, 0.3) is 0 Å². The fourth-order valence-corrected chi connectivity index (χ4v) is 7.39. The molecule has 3 fully saturated rings. The average molecular weight is 392 g/mol. The molecule has 3 saturated carbocycles. The average Bonchev–Trinajstić information content (AvgIpc) is 2.85. The van der Waals surface area contributed by atoms with Gasteiger partial charge in [-0.15, -0.1) is 0 Å². The summed E-state index contributed by atoms with van der Waals surface area (Å²) in [4.78, 5) is 37.3. The van der Waals surface area contributed by atoms with Crippen molar-refractivity contribution in [2.45, 2.75) is 70.6 Å². The molecule has 0 amide bonds. The minimum Gasteiger partial charge on any atom is -0.388 e. The van der Waals surface area contributed by atoms with Crippen LogP contribution in [-0.4, -0.2) is 45.4 Å². The third kappa shape index (κ3) is 2.01. The summed E-state index contributed by atoms with van der Waals surface area (Å²) in [6, 6.07) is 0. The molecule has 0 aromatic heterocycles. The zero-order valence-electron chi connectivity index (χ0n) is 16.8. The number of carbonyl (C=O) groups is 3. The predicted molar refractivity (Wildman–Crippen MR) is 99.0 cm³/mol. The topological polar surface area (TPSA) is 91.7 Å². The molecule has 0 aromatic rings. The van der Waals surface area contributed by atoms with Crippen molar-refractivity contribution in [3.8, 4) is 0 Å². The molecule has 4 aliphatic rings. The van der Waals surface area contributed by atoms with Gasteiger partial charge in [-0.25, -0.2) is 4.39 Å². The maximum Gasteiger partial charge on any atom is 0.190 e. The minimum atomic E-state index is -1.79. The molecule has 0 radical (unpaired) electrons. The molecule has 0 bridgehead atoms. The van der Waals surface area contributed by atoms with Crippen LogP contribution in [0.25, 0.3) is 0 Å². The fraction of sp³-hybridized carbons (Fsp3) is 0.773. The highest BCUT2D eigenvalue weighted by atomic mass is 19.1. The van der Waals surface area contributed by atoms with Crippen LogP contribution < -0.4 is 0 Å². The SMILES string of the molecule is CC1C[C@H]2[C@@H]3CCC4=CC(=O)CC(=O)[C@]4(C)[C@@]3(F)CC[C@]2(C)[C@@]1(O)C(=O)CO. The van der Waals surface area contributed by atoms with Gasteiger partial charge >= 0.3 is 0 Å². The van der Waals surface area contributed by atoms with Crippen LogP contribution in [0.1, 0.15) is 59.3 Å². The summed E-state index contributed by atoms with van der Waals surface area (Å²) in [6.07, 6.45) is 3.00. The Labute approximate surface area is 164 Å². The zero-order chi connectivity index (χ0) is 20.7. The number of hydrogen-bond acceptors (Lipinski definition) is 5. The summed E-state index contributed by atoms with van der Waals surface area (Å²) >= 11 is 0. The molecular formula is C22H29FO5. The van der Waals surface area contributed by atoms with Crippen molar-refractivity contribution in [1.82, 2.24) is 0 Å². The van der Waals surface area contributed by atoms with E-state index in [-0.39, 0.29) is 36.7 Å². The maximum absolute atomic E-state index is 16.8. The van der Waals surface area contributed by atoms with Crippen molar-refractivity contribution < 1.29 is 29.0 Å². The summed E-state index contributed by atoms with van der Waals surface area (Å²) in [5.74, 6) is -2.31. The molecule has 0 heterocycles. The Morgan fingerprint density at radius 1 is 1.25 bits per heavy atom. The Hall–Kier alpha value is -1.40. The first kappa shape index (κ1) is 19.9. The van der Waals surface area contributed by atoms with E-state index in [2.05, 4.69) is 0 Å². The van der Waals surface area contributed by atoms with Gasteiger partial charge < -0.3 is 10.2 Å². The Morgan fingerprint density at radius 2 is 1.93 bits per heavy atom. The smallest absolute Gasteiger partial charge is 0.190 e. The second-order valence-electron chi connectivity index (χ2n) is 9.88. The number of alkyl halides is 1. The van der Waals surface area contributed by atoms with Gasteiger partial charge in [-0.2, -0.15) is 0 Å². The van der Waals surface area contributed by atoms with Crippen LogP contribution in [0.5, 0.6) is 0 Å². The number of Topliss-reactive ketones (excluding diaryl/α,β-unsaturated/α-hetero) is 2. The van der Waals surface area contributed by atoms with Crippen LogP contribution in [0.15, 0.2) is 11.6 Å². The molecule has 5 nitrogen and oxygen atoms in total. The summed E-state index contributed by atoms with van der Waals surface area (Å²) in [7, 11) is 0. The largest absolute Gasteiger partial charge is 0.388 e. The molecule has 28 heavy (non-hydrogen) atoms. The van der Waals surface area contributed by atoms with Gasteiger partial charge in [-0.1, -0.05) is 19.4 Å². The highest BCUT2D eigenvalue weighted by molar-refractivity contribution is 6.11. The van der Waals surface area contributed by atoms with E-state index in [0.29, 0.717) is 24.8 Å². The summed E-state index contributed by atoms with van der Waals surface area (Å²) < 4.78 is 16.8. The highest BCUT2D eigenvalue weighted by Crippen LogP contribution is 2.70. The van der Waals surface area contributed by atoms with E-state index in [1.165, 1.54) is 6.08 Å². The van der Waals surface area contributed by atoms with Crippen molar-refractivity contribution in [2.75, 3.05) is 6.61 Å². The van der Waals surface area contributed by atoms with E-state index >= 15 is 4.39 Å². The van der Waals surface area contributed by atoms with E-state index in [0.717, 1.165) is 0 Å². The Bertz CT molecular complexity index is 805. The van der Waals surface area contributed by atoms with Crippen molar-refractivity contribution in [1.29, 1.82) is 0 Å². The first-order valence-corrected chi connectivity index (χ1v) is 10.3. The molecule has 154 valence electrons. The van der Waals surface area contributed by atoms with Gasteiger partial charge in [-0.3, -0.25) is 14.4 Å². The van der Waals surface area contributed by atoms with Crippen molar-refractivity contribution in [3.63, 3.8) is 0 Å². The second-order valence-corrected chi connectivity index (χ2v) is 9.88. The molecular weight excluding hydrogens is 363 g/mol. The molecule has 0 spiro atoms. The molecule has 7 atom stereocenters. The van der Waals surface area contributed by atoms with Gasteiger partial charge in [0.05, 0.1) is 11.8 Å². The Morgan fingerprint density at radius 3 is 2.57 bits per heavy atom. The van der Waals surface area contributed by atoms with Crippen LogP contribution >= 0.6 is 0 Å². The molecule has 2 N–H and O–H groups in total. The molecule has 4 rings (SSSR count). The number of fused-ring (bicyclic) bond motifs is 5. The Balaban J connectivity index is 1.81. The van der Waals surface area contributed by atoms with Gasteiger partial charge in [0.15, 0.2) is 17.3 Å². The number of aliphatic hydroxyl groups is 2. The molecule has 0 aromatic carbocycles. The molecule has 0 aliphatic heterocycles.